The summed E-state index contributed by atoms with van der Waals surface area (Å²) >= 11 is 0. The molecule has 0 aromatic heterocycles. The number of sulfonamides is 1. The van der Waals surface area contributed by atoms with Crippen LogP contribution < -0.4 is 13.6 Å². The number of sulfone groups is 1. The van der Waals surface area contributed by atoms with Crippen molar-refractivity contribution in [1.29, 1.82) is 0 Å². The predicted octanol–water partition coefficient (Wildman–Crippen LogP) is 7.86. The SMILES string of the molecule is CC(C)(C)[Si](C)(C)Oc1ccc(C2CCC(NS(=O)(=O)c3ccc(S(C)(=O)=O)cc3)CC2)c(O[Si](C)(C)C(C)(C)C)c1. The molecule has 0 atom stereocenters. The van der Waals surface area contributed by atoms with Crippen molar-refractivity contribution in [2.75, 3.05) is 6.26 Å². The van der Waals surface area contributed by atoms with Gasteiger partial charge >= 0.3 is 0 Å². The molecule has 0 saturated heterocycles. The van der Waals surface area contributed by atoms with E-state index in [0.717, 1.165) is 30.6 Å². The second kappa shape index (κ2) is 12.0. The van der Waals surface area contributed by atoms with E-state index < -0.39 is 36.5 Å². The zero-order valence-electron chi connectivity index (χ0n) is 27.3. The molecule has 42 heavy (non-hydrogen) atoms. The number of rotatable bonds is 9. The second-order valence-electron chi connectivity index (χ2n) is 14.8. The average Bonchev–Trinajstić information content (AvgIpc) is 2.82. The standard InChI is InChI=1S/C31H51NO6S2Si2/c1-30(2,3)41(8,9)37-25-16-21-28(29(22-25)38-42(10,11)31(4,5)6)23-12-14-24(15-13-23)32-40(35,36)27-19-17-26(18-20-27)39(7,33)34/h16-24,32H,12-15H2,1-11H3. The van der Waals surface area contributed by atoms with E-state index in [1.54, 1.807) is 0 Å². The number of benzene rings is 2. The highest BCUT2D eigenvalue weighted by Gasteiger charge is 2.41. The van der Waals surface area contributed by atoms with E-state index in [0.29, 0.717) is 12.8 Å². The molecular formula is C31H51NO6S2Si2. The lowest BCUT2D eigenvalue weighted by molar-refractivity contribution is 0.367. The molecule has 2 aromatic rings. The van der Waals surface area contributed by atoms with Crippen molar-refractivity contribution in [1.82, 2.24) is 4.72 Å². The number of hydrogen-bond acceptors (Lipinski definition) is 6. The molecule has 1 aliphatic carbocycles. The largest absolute Gasteiger partial charge is 0.543 e. The van der Waals surface area contributed by atoms with Crippen molar-refractivity contribution in [2.45, 2.75) is 125 Å². The lowest BCUT2D eigenvalue weighted by atomic mass is 9.81. The van der Waals surface area contributed by atoms with Crippen LogP contribution >= 0.6 is 0 Å². The fraction of sp³-hybridized carbons (Fsp3) is 0.613. The maximum atomic E-state index is 13.1. The monoisotopic (exact) mass is 653 g/mol. The molecule has 2 aromatic carbocycles. The molecule has 0 bridgehead atoms. The maximum absolute atomic E-state index is 13.1. The molecule has 1 aliphatic rings. The number of nitrogens with one attached hydrogen (secondary N) is 1. The Bertz CT molecular complexity index is 1460. The molecule has 0 aliphatic heterocycles. The third-order valence-electron chi connectivity index (χ3n) is 9.39. The first-order chi connectivity index (χ1) is 18.9. The van der Waals surface area contributed by atoms with E-state index in [4.69, 9.17) is 8.85 Å². The molecule has 0 amide bonds. The van der Waals surface area contributed by atoms with Gasteiger partial charge in [0, 0.05) is 18.4 Å². The molecule has 236 valence electrons. The minimum absolute atomic E-state index is 0.0377. The Kier molecular flexibility index (Phi) is 9.97. The normalized spacial score (nSPS) is 19.4. The molecule has 0 heterocycles. The number of hydrogen-bond donors (Lipinski definition) is 1. The summed E-state index contributed by atoms with van der Waals surface area (Å²) in [5.41, 5.74) is 1.17. The van der Waals surface area contributed by atoms with Crippen LogP contribution in [0.5, 0.6) is 11.5 Å². The molecule has 1 N–H and O–H groups in total. The third-order valence-corrected chi connectivity index (χ3v) is 20.8. The lowest BCUT2D eigenvalue weighted by Crippen LogP contribution is -2.44. The van der Waals surface area contributed by atoms with Crippen LogP contribution in [0.3, 0.4) is 0 Å². The Balaban J connectivity index is 1.81. The molecule has 3 rings (SSSR count). The van der Waals surface area contributed by atoms with E-state index >= 15 is 0 Å². The summed E-state index contributed by atoms with van der Waals surface area (Å²) in [6.45, 7) is 22.4. The van der Waals surface area contributed by atoms with Crippen molar-refractivity contribution in [3.63, 3.8) is 0 Å². The minimum Gasteiger partial charge on any atom is -0.543 e. The van der Waals surface area contributed by atoms with Gasteiger partial charge in [-0.2, -0.15) is 0 Å². The van der Waals surface area contributed by atoms with Crippen molar-refractivity contribution in [2.24, 2.45) is 0 Å². The quantitative estimate of drug-likeness (QED) is 0.277. The van der Waals surface area contributed by atoms with Gasteiger partial charge in [-0.05, 0) is 104 Å². The van der Waals surface area contributed by atoms with Crippen LogP contribution in [0.2, 0.25) is 36.3 Å². The Morgan fingerprint density at radius 1 is 0.714 bits per heavy atom. The van der Waals surface area contributed by atoms with Crippen LogP contribution in [0.25, 0.3) is 0 Å². The van der Waals surface area contributed by atoms with Crippen molar-refractivity contribution in [3.8, 4) is 11.5 Å². The molecular weight excluding hydrogens is 603 g/mol. The van der Waals surface area contributed by atoms with E-state index in [9.17, 15) is 16.8 Å². The maximum Gasteiger partial charge on any atom is 0.250 e. The minimum atomic E-state index is -3.76. The van der Waals surface area contributed by atoms with Crippen molar-refractivity contribution >= 4 is 36.5 Å². The van der Waals surface area contributed by atoms with Gasteiger partial charge in [0.2, 0.25) is 26.7 Å². The van der Waals surface area contributed by atoms with Crippen LogP contribution in [-0.2, 0) is 19.9 Å². The average molecular weight is 654 g/mol. The summed E-state index contributed by atoms with van der Waals surface area (Å²) in [5.74, 6) is 2.00. The van der Waals surface area contributed by atoms with Gasteiger partial charge in [0.1, 0.15) is 11.5 Å². The van der Waals surface area contributed by atoms with E-state index in [2.05, 4.69) is 90.7 Å². The summed E-state index contributed by atoms with van der Waals surface area (Å²) in [6, 6.07) is 11.5. The Morgan fingerprint density at radius 3 is 1.67 bits per heavy atom. The van der Waals surface area contributed by atoms with Gasteiger partial charge in [0.15, 0.2) is 9.84 Å². The topological polar surface area (TPSA) is 98.8 Å². The van der Waals surface area contributed by atoms with E-state index in [1.807, 2.05) is 0 Å². The Hall–Kier alpha value is -1.67. The van der Waals surface area contributed by atoms with Gasteiger partial charge in [-0.1, -0.05) is 47.6 Å². The van der Waals surface area contributed by atoms with Crippen LogP contribution in [0.4, 0.5) is 0 Å². The molecule has 0 radical (unpaired) electrons. The van der Waals surface area contributed by atoms with E-state index in [-0.39, 0.29) is 31.8 Å². The smallest absolute Gasteiger partial charge is 0.250 e. The van der Waals surface area contributed by atoms with Crippen LogP contribution in [0.15, 0.2) is 52.3 Å². The zero-order valence-corrected chi connectivity index (χ0v) is 30.9. The van der Waals surface area contributed by atoms with Crippen LogP contribution in [0.1, 0.15) is 78.7 Å². The highest BCUT2D eigenvalue weighted by Crippen LogP contribution is 2.45. The Labute approximate surface area is 257 Å². The third kappa shape index (κ3) is 8.28. The molecule has 1 fully saturated rings. The summed E-state index contributed by atoms with van der Waals surface area (Å²) in [5, 5.41) is 0.115. The summed E-state index contributed by atoms with van der Waals surface area (Å²) in [6.07, 6.45) is 4.16. The fourth-order valence-electron chi connectivity index (χ4n) is 4.56. The molecule has 11 heteroatoms. The summed E-state index contributed by atoms with van der Waals surface area (Å²) in [7, 11) is -11.3. The van der Waals surface area contributed by atoms with E-state index in [1.165, 1.54) is 29.8 Å². The van der Waals surface area contributed by atoms with Gasteiger partial charge in [0.25, 0.3) is 0 Å². The summed E-state index contributed by atoms with van der Waals surface area (Å²) < 4.78 is 66.0. The highest BCUT2D eigenvalue weighted by atomic mass is 32.2. The Morgan fingerprint density at radius 2 is 1.19 bits per heavy atom. The molecule has 1 saturated carbocycles. The van der Waals surface area contributed by atoms with Crippen LogP contribution in [-0.4, -0.2) is 45.8 Å². The fourth-order valence-corrected chi connectivity index (χ4v) is 8.55. The zero-order chi connectivity index (χ0) is 31.9. The molecule has 0 unspecified atom stereocenters. The molecule has 7 nitrogen and oxygen atoms in total. The first-order valence-electron chi connectivity index (χ1n) is 14.8. The highest BCUT2D eigenvalue weighted by molar-refractivity contribution is 7.90. The van der Waals surface area contributed by atoms with Crippen molar-refractivity contribution in [3.05, 3.63) is 48.0 Å². The molecule has 0 spiro atoms. The van der Waals surface area contributed by atoms with Gasteiger partial charge in [0.05, 0.1) is 9.79 Å². The first kappa shape index (κ1) is 34.8. The first-order valence-corrected chi connectivity index (χ1v) is 24.0. The van der Waals surface area contributed by atoms with Gasteiger partial charge < -0.3 is 8.85 Å². The van der Waals surface area contributed by atoms with Gasteiger partial charge in [-0.25, -0.2) is 21.6 Å². The predicted molar refractivity (Wildman–Crippen MR) is 177 cm³/mol. The van der Waals surface area contributed by atoms with Crippen LogP contribution in [0, 0.1) is 0 Å². The van der Waals surface area contributed by atoms with Gasteiger partial charge in [-0.3, -0.25) is 0 Å². The summed E-state index contributed by atoms with van der Waals surface area (Å²) in [4.78, 5) is 0.165. The second-order valence-corrected chi connectivity index (χ2v) is 28.0. The van der Waals surface area contributed by atoms with Gasteiger partial charge in [-0.15, -0.1) is 0 Å². The lowest BCUT2D eigenvalue weighted by Gasteiger charge is -2.39. The van der Waals surface area contributed by atoms with Crippen molar-refractivity contribution < 1.29 is 25.7 Å².